The number of alkyl halides is 3. The van der Waals surface area contributed by atoms with Gasteiger partial charge in [-0.2, -0.15) is 13.2 Å². The summed E-state index contributed by atoms with van der Waals surface area (Å²) in [5.41, 5.74) is 0.274. The lowest BCUT2D eigenvalue weighted by atomic mass is 9.98. The Labute approximate surface area is 188 Å². The molecule has 0 aliphatic carbocycles. The quantitative estimate of drug-likeness (QED) is 0.519. The first-order valence-electron chi connectivity index (χ1n) is 10.1. The van der Waals surface area contributed by atoms with E-state index in [0.717, 1.165) is 6.42 Å². The molecule has 1 heterocycles. The van der Waals surface area contributed by atoms with Crippen LogP contribution in [0.25, 0.3) is 0 Å². The lowest BCUT2D eigenvalue weighted by Crippen LogP contribution is -2.48. The van der Waals surface area contributed by atoms with Crippen LogP contribution in [0.2, 0.25) is 5.02 Å². The second-order valence-corrected chi connectivity index (χ2v) is 8.04. The topological polar surface area (TPSA) is 50.8 Å². The highest BCUT2D eigenvalue weighted by atomic mass is 35.5. The van der Waals surface area contributed by atoms with Crippen molar-refractivity contribution in [1.82, 2.24) is 4.90 Å². The first-order chi connectivity index (χ1) is 15.2. The van der Waals surface area contributed by atoms with Gasteiger partial charge in [0, 0.05) is 29.7 Å². The molecule has 0 spiro atoms. The number of rotatable bonds is 7. The zero-order valence-electron chi connectivity index (χ0n) is 17.1. The number of hydrogen-bond acceptors (Lipinski definition) is 4. The third kappa shape index (κ3) is 7.56. The van der Waals surface area contributed by atoms with Crippen molar-refractivity contribution >= 4 is 23.4 Å². The van der Waals surface area contributed by atoms with E-state index in [1.807, 2.05) is 0 Å². The summed E-state index contributed by atoms with van der Waals surface area (Å²) in [6, 6.07) is 11.5. The van der Waals surface area contributed by atoms with Crippen LogP contribution in [0, 0.1) is 11.7 Å². The Bertz CT molecular complexity index is 878. The summed E-state index contributed by atoms with van der Waals surface area (Å²) in [6.07, 6.45) is -6.69. The number of nitrogens with one attached hydrogen (secondary N) is 1. The van der Waals surface area contributed by atoms with Crippen molar-refractivity contribution in [2.75, 3.05) is 31.6 Å². The molecule has 0 bridgehead atoms. The first-order valence-corrected chi connectivity index (χ1v) is 10.5. The largest absolute Gasteiger partial charge is 0.493 e. The number of ether oxygens (including phenoxy) is 2. The SMILES string of the molecule is O=C(Nc1ccc(Cl)cc1)OC(CN1CCCC(COc2ccc(F)cc2)C1)C(F)(F)F. The molecule has 1 aliphatic heterocycles. The van der Waals surface area contributed by atoms with E-state index in [2.05, 4.69) is 5.32 Å². The van der Waals surface area contributed by atoms with Crippen LogP contribution in [-0.4, -0.2) is 49.5 Å². The molecule has 1 aliphatic rings. The van der Waals surface area contributed by atoms with E-state index in [-0.39, 0.29) is 17.4 Å². The molecule has 0 aromatic heterocycles. The molecule has 174 valence electrons. The Hall–Kier alpha value is -2.52. The highest BCUT2D eigenvalue weighted by Crippen LogP contribution is 2.27. The molecular formula is C22H23ClF4N2O3. The molecular weight excluding hydrogens is 452 g/mol. The van der Waals surface area contributed by atoms with Gasteiger partial charge >= 0.3 is 12.3 Å². The Morgan fingerprint density at radius 2 is 1.84 bits per heavy atom. The molecule has 0 radical (unpaired) electrons. The molecule has 2 atom stereocenters. The van der Waals surface area contributed by atoms with Gasteiger partial charge in [0.05, 0.1) is 6.61 Å². The number of anilines is 1. The van der Waals surface area contributed by atoms with Gasteiger partial charge in [0.15, 0.2) is 0 Å². The van der Waals surface area contributed by atoms with Gasteiger partial charge in [-0.05, 0) is 67.9 Å². The van der Waals surface area contributed by atoms with Crippen LogP contribution in [0.15, 0.2) is 48.5 Å². The number of nitrogens with zero attached hydrogens (tertiary/aromatic N) is 1. The fraction of sp³-hybridized carbons (Fsp3) is 0.409. The zero-order valence-corrected chi connectivity index (χ0v) is 17.8. The van der Waals surface area contributed by atoms with Crippen LogP contribution in [0.5, 0.6) is 5.75 Å². The van der Waals surface area contributed by atoms with Crippen LogP contribution >= 0.6 is 11.6 Å². The van der Waals surface area contributed by atoms with E-state index in [4.69, 9.17) is 21.1 Å². The number of benzene rings is 2. The van der Waals surface area contributed by atoms with Crippen LogP contribution in [-0.2, 0) is 4.74 Å². The molecule has 3 rings (SSSR count). The van der Waals surface area contributed by atoms with Gasteiger partial charge in [-0.15, -0.1) is 0 Å². The molecule has 0 saturated carbocycles. The van der Waals surface area contributed by atoms with Crippen LogP contribution in [0.4, 0.5) is 28.0 Å². The zero-order chi connectivity index (χ0) is 23.1. The Balaban J connectivity index is 1.53. The molecule has 1 N–H and O–H groups in total. The highest BCUT2D eigenvalue weighted by Gasteiger charge is 2.44. The molecule has 10 heteroatoms. The first kappa shape index (κ1) is 24.1. The number of carbonyl (C=O) groups is 1. The predicted octanol–water partition coefficient (Wildman–Crippen LogP) is 5.75. The summed E-state index contributed by atoms with van der Waals surface area (Å²) in [4.78, 5) is 13.6. The van der Waals surface area contributed by atoms with Crippen molar-refractivity contribution in [3.63, 3.8) is 0 Å². The number of hydrogen-bond donors (Lipinski definition) is 1. The summed E-state index contributed by atoms with van der Waals surface area (Å²) in [5, 5.41) is 2.71. The molecule has 2 aromatic rings. The van der Waals surface area contributed by atoms with Crippen LogP contribution < -0.4 is 10.1 Å². The molecule has 32 heavy (non-hydrogen) atoms. The van der Waals surface area contributed by atoms with Crippen molar-refractivity contribution in [3.8, 4) is 5.75 Å². The number of halogens is 5. The summed E-state index contributed by atoms with van der Waals surface area (Å²) >= 11 is 5.75. The number of piperidine rings is 1. The number of amides is 1. The summed E-state index contributed by atoms with van der Waals surface area (Å²) < 4.78 is 63.9. The standard InChI is InChI=1S/C22H23ClF4N2O3/c23-16-3-7-18(8-4-16)28-21(30)32-20(22(25,26)27)13-29-11-1-2-15(12-29)14-31-19-9-5-17(24)6-10-19/h3-10,15,20H,1-2,11-14H2,(H,28,30). The molecule has 2 aromatic carbocycles. The minimum atomic E-state index is -4.71. The van der Waals surface area contributed by atoms with Crippen molar-refractivity contribution < 1.29 is 31.8 Å². The second kappa shape index (κ2) is 10.9. The summed E-state index contributed by atoms with van der Waals surface area (Å²) in [6.45, 7) is 0.666. The lowest BCUT2D eigenvalue weighted by Gasteiger charge is -2.35. The van der Waals surface area contributed by atoms with E-state index in [9.17, 15) is 22.4 Å². The van der Waals surface area contributed by atoms with Gasteiger partial charge in [0.1, 0.15) is 11.6 Å². The van der Waals surface area contributed by atoms with E-state index in [1.165, 1.54) is 48.5 Å². The summed E-state index contributed by atoms with van der Waals surface area (Å²) in [5.74, 6) is 0.129. The van der Waals surface area contributed by atoms with Gasteiger partial charge in [-0.1, -0.05) is 11.6 Å². The Kier molecular flexibility index (Phi) is 8.20. The van der Waals surface area contributed by atoms with Crippen LogP contribution in [0.1, 0.15) is 12.8 Å². The average molecular weight is 475 g/mol. The second-order valence-electron chi connectivity index (χ2n) is 7.60. The van der Waals surface area contributed by atoms with Crippen molar-refractivity contribution in [2.45, 2.75) is 25.1 Å². The summed E-state index contributed by atoms with van der Waals surface area (Å²) in [7, 11) is 0. The van der Waals surface area contributed by atoms with Gasteiger partial charge < -0.3 is 9.47 Å². The monoisotopic (exact) mass is 474 g/mol. The van der Waals surface area contributed by atoms with Crippen LogP contribution in [0.3, 0.4) is 0 Å². The van der Waals surface area contributed by atoms with Gasteiger partial charge in [0.2, 0.25) is 6.10 Å². The fourth-order valence-corrected chi connectivity index (χ4v) is 3.58. The average Bonchev–Trinajstić information content (AvgIpc) is 2.74. The van der Waals surface area contributed by atoms with Gasteiger partial charge in [-0.3, -0.25) is 10.2 Å². The molecule has 5 nitrogen and oxygen atoms in total. The van der Waals surface area contributed by atoms with Crippen molar-refractivity contribution in [2.24, 2.45) is 5.92 Å². The number of likely N-dealkylation sites (tertiary alicyclic amines) is 1. The predicted molar refractivity (Wildman–Crippen MR) is 112 cm³/mol. The highest BCUT2D eigenvalue weighted by molar-refractivity contribution is 6.30. The smallest absolute Gasteiger partial charge is 0.426 e. The molecule has 2 unspecified atom stereocenters. The van der Waals surface area contributed by atoms with E-state index >= 15 is 0 Å². The Morgan fingerprint density at radius 3 is 2.50 bits per heavy atom. The van der Waals surface area contributed by atoms with E-state index < -0.39 is 24.9 Å². The molecule has 1 saturated heterocycles. The minimum absolute atomic E-state index is 0.00517. The normalized spacial score (nSPS) is 18.1. The van der Waals surface area contributed by atoms with Gasteiger partial charge in [0.25, 0.3) is 0 Å². The minimum Gasteiger partial charge on any atom is -0.493 e. The fourth-order valence-electron chi connectivity index (χ4n) is 3.45. The third-order valence-electron chi connectivity index (χ3n) is 5.03. The Morgan fingerprint density at radius 1 is 1.16 bits per heavy atom. The maximum Gasteiger partial charge on any atom is 0.426 e. The maximum atomic E-state index is 13.5. The van der Waals surface area contributed by atoms with E-state index in [1.54, 1.807) is 4.90 Å². The van der Waals surface area contributed by atoms with Crippen molar-refractivity contribution in [3.05, 3.63) is 59.4 Å². The lowest BCUT2D eigenvalue weighted by molar-refractivity contribution is -0.207. The van der Waals surface area contributed by atoms with Gasteiger partial charge in [-0.25, -0.2) is 9.18 Å². The maximum absolute atomic E-state index is 13.5. The third-order valence-corrected chi connectivity index (χ3v) is 5.28. The van der Waals surface area contributed by atoms with Crippen molar-refractivity contribution in [1.29, 1.82) is 0 Å². The molecule has 1 fully saturated rings. The number of carbonyl (C=O) groups excluding carboxylic acids is 1. The molecule has 1 amide bonds. The van der Waals surface area contributed by atoms with E-state index in [0.29, 0.717) is 36.9 Å².